The Bertz CT molecular complexity index is 776. The average molecular weight is 303 g/mol. The molecule has 1 aromatic carbocycles. The lowest BCUT2D eigenvalue weighted by molar-refractivity contribution is 0.0578. The lowest BCUT2D eigenvalue weighted by Crippen LogP contribution is -2.02. The van der Waals surface area contributed by atoms with Crippen LogP contribution in [0.3, 0.4) is 0 Å². The molecular weight excluding hydrogens is 289 g/mol. The maximum Gasteiger partial charge on any atom is 0.258 e. The number of nitrogens with zero attached hydrogens (tertiary/aromatic N) is 3. The van der Waals surface area contributed by atoms with Crippen molar-refractivity contribution >= 4 is 10.8 Å². The molecule has 0 unspecified atom stereocenters. The van der Waals surface area contributed by atoms with Gasteiger partial charge in [-0.2, -0.15) is 4.98 Å². The second-order valence-electron chi connectivity index (χ2n) is 4.58. The number of methoxy groups -OCH3 is 1. The first-order valence-electron chi connectivity index (χ1n) is 6.71. The minimum absolute atomic E-state index is 0.226. The van der Waals surface area contributed by atoms with Gasteiger partial charge in [0.25, 0.3) is 5.89 Å². The van der Waals surface area contributed by atoms with Gasteiger partial charge in [0.15, 0.2) is 5.82 Å². The van der Waals surface area contributed by atoms with Crippen LogP contribution in [0.4, 0.5) is 4.39 Å². The largest absolute Gasteiger partial charge is 0.382 e. The fourth-order valence-corrected chi connectivity index (χ4v) is 2.07. The van der Waals surface area contributed by atoms with Crippen LogP contribution in [0.25, 0.3) is 22.2 Å². The molecule has 0 saturated heterocycles. The molecule has 7 heteroatoms. The van der Waals surface area contributed by atoms with Gasteiger partial charge < -0.3 is 14.0 Å². The van der Waals surface area contributed by atoms with Crippen molar-refractivity contribution in [1.29, 1.82) is 0 Å². The minimum Gasteiger partial charge on any atom is -0.382 e. The molecule has 0 fully saturated rings. The number of rotatable bonds is 6. The van der Waals surface area contributed by atoms with Crippen molar-refractivity contribution in [3.63, 3.8) is 0 Å². The van der Waals surface area contributed by atoms with E-state index in [0.717, 1.165) is 0 Å². The van der Waals surface area contributed by atoms with E-state index in [9.17, 15) is 4.39 Å². The number of hydrogen-bond acceptors (Lipinski definition) is 6. The van der Waals surface area contributed by atoms with Gasteiger partial charge in [-0.25, -0.2) is 4.39 Å². The lowest BCUT2D eigenvalue weighted by atomic mass is 10.1. The first-order valence-corrected chi connectivity index (χ1v) is 6.71. The third-order valence-electron chi connectivity index (χ3n) is 3.13. The maximum absolute atomic E-state index is 13.8. The Hall–Kier alpha value is -2.38. The lowest BCUT2D eigenvalue weighted by Gasteiger charge is -2.02. The van der Waals surface area contributed by atoms with Crippen molar-refractivity contribution < 1.29 is 18.4 Å². The summed E-state index contributed by atoms with van der Waals surface area (Å²) in [6.45, 7) is 1.17. The van der Waals surface area contributed by atoms with E-state index >= 15 is 0 Å². The summed E-state index contributed by atoms with van der Waals surface area (Å²) in [5, 5.41) is 4.94. The summed E-state index contributed by atoms with van der Waals surface area (Å²) in [6.07, 6.45) is 3.12. The molecule has 0 saturated carbocycles. The standard InChI is InChI=1S/C15H14FN3O3/c1-20-6-7-21-9-14-18-15(22-19-14)11-2-3-13(16)10-4-5-17-8-12(10)11/h2-5,8H,6-7,9H2,1H3. The van der Waals surface area contributed by atoms with Gasteiger partial charge in [0.1, 0.15) is 12.4 Å². The van der Waals surface area contributed by atoms with E-state index < -0.39 is 0 Å². The summed E-state index contributed by atoms with van der Waals surface area (Å²) in [7, 11) is 1.60. The summed E-state index contributed by atoms with van der Waals surface area (Å²) >= 11 is 0. The Balaban J connectivity index is 1.86. The van der Waals surface area contributed by atoms with Gasteiger partial charge in [-0.05, 0) is 18.2 Å². The van der Waals surface area contributed by atoms with Crippen molar-refractivity contribution in [2.75, 3.05) is 20.3 Å². The van der Waals surface area contributed by atoms with Crippen LogP contribution in [0.1, 0.15) is 5.82 Å². The summed E-state index contributed by atoms with van der Waals surface area (Å²) < 4.78 is 29.2. The molecule has 114 valence electrons. The highest BCUT2D eigenvalue weighted by atomic mass is 19.1. The van der Waals surface area contributed by atoms with Crippen LogP contribution in [0.2, 0.25) is 0 Å². The number of fused-ring (bicyclic) bond motifs is 1. The molecule has 22 heavy (non-hydrogen) atoms. The summed E-state index contributed by atoms with van der Waals surface area (Å²) in [5.74, 6) is 0.416. The van der Waals surface area contributed by atoms with E-state index in [1.807, 2.05) is 0 Å². The Morgan fingerprint density at radius 3 is 2.95 bits per heavy atom. The van der Waals surface area contributed by atoms with Crippen molar-refractivity contribution in [2.45, 2.75) is 6.61 Å². The Labute approximate surface area is 125 Å². The number of aromatic nitrogens is 3. The second-order valence-corrected chi connectivity index (χ2v) is 4.58. The minimum atomic E-state index is -0.316. The summed E-state index contributed by atoms with van der Waals surface area (Å²) in [5.41, 5.74) is 0.639. The number of halogens is 1. The molecule has 6 nitrogen and oxygen atoms in total. The van der Waals surface area contributed by atoms with Crippen LogP contribution in [-0.4, -0.2) is 35.4 Å². The monoisotopic (exact) mass is 303 g/mol. The smallest absolute Gasteiger partial charge is 0.258 e. The third-order valence-corrected chi connectivity index (χ3v) is 3.13. The molecule has 0 bridgehead atoms. The van der Waals surface area contributed by atoms with Gasteiger partial charge >= 0.3 is 0 Å². The zero-order valence-corrected chi connectivity index (χ0v) is 12.0. The number of pyridine rings is 1. The molecule has 0 aliphatic carbocycles. The summed E-state index contributed by atoms with van der Waals surface area (Å²) in [4.78, 5) is 8.29. The average Bonchev–Trinajstić information content (AvgIpc) is 3.01. The van der Waals surface area contributed by atoms with E-state index in [4.69, 9.17) is 14.0 Å². The van der Waals surface area contributed by atoms with Crippen molar-refractivity contribution in [3.05, 3.63) is 42.2 Å². The molecule has 0 radical (unpaired) electrons. The first-order chi connectivity index (χ1) is 10.8. The molecule has 0 aliphatic rings. The predicted molar refractivity (Wildman–Crippen MR) is 76.5 cm³/mol. The molecule has 0 N–H and O–H groups in total. The quantitative estimate of drug-likeness (QED) is 0.652. The molecule has 2 aromatic heterocycles. The normalized spacial score (nSPS) is 11.2. The molecule has 0 aliphatic heterocycles. The number of ether oxygens (including phenoxy) is 2. The third kappa shape index (κ3) is 2.95. The molecule has 0 atom stereocenters. The first kappa shape index (κ1) is 14.6. The summed E-state index contributed by atoms with van der Waals surface area (Å²) in [6, 6.07) is 4.58. The Morgan fingerprint density at radius 2 is 2.09 bits per heavy atom. The topological polar surface area (TPSA) is 70.3 Å². The zero-order chi connectivity index (χ0) is 15.4. The molecule has 2 heterocycles. The highest BCUT2D eigenvalue weighted by Crippen LogP contribution is 2.28. The highest BCUT2D eigenvalue weighted by Gasteiger charge is 2.14. The van der Waals surface area contributed by atoms with Gasteiger partial charge in [-0.3, -0.25) is 4.98 Å². The van der Waals surface area contributed by atoms with Crippen LogP contribution >= 0.6 is 0 Å². The molecule has 3 rings (SSSR count). The van der Waals surface area contributed by atoms with Crippen LogP contribution < -0.4 is 0 Å². The van der Waals surface area contributed by atoms with E-state index in [-0.39, 0.29) is 12.4 Å². The van der Waals surface area contributed by atoms with Gasteiger partial charge in [0, 0.05) is 35.8 Å². The van der Waals surface area contributed by atoms with Crippen LogP contribution in [0.5, 0.6) is 0 Å². The predicted octanol–water partition coefficient (Wildman–Crippen LogP) is 2.59. The Morgan fingerprint density at radius 1 is 1.18 bits per heavy atom. The fourth-order valence-electron chi connectivity index (χ4n) is 2.07. The van der Waals surface area contributed by atoms with Crippen molar-refractivity contribution in [1.82, 2.24) is 15.1 Å². The number of benzene rings is 1. The van der Waals surface area contributed by atoms with E-state index in [1.165, 1.54) is 12.3 Å². The molecular formula is C15H14FN3O3. The zero-order valence-electron chi connectivity index (χ0n) is 12.0. The van der Waals surface area contributed by atoms with E-state index in [2.05, 4.69) is 15.1 Å². The van der Waals surface area contributed by atoms with Gasteiger partial charge in [0.2, 0.25) is 0 Å². The van der Waals surface area contributed by atoms with Crippen LogP contribution in [-0.2, 0) is 16.1 Å². The molecule has 0 amide bonds. The highest BCUT2D eigenvalue weighted by molar-refractivity contribution is 5.94. The van der Waals surface area contributed by atoms with Gasteiger partial charge in [-0.15, -0.1) is 0 Å². The van der Waals surface area contributed by atoms with Gasteiger partial charge in [-0.1, -0.05) is 5.16 Å². The van der Waals surface area contributed by atoms with Crippen molar-refractivity contribution in [2.24, 2.45) is 0 Å². The maximum atomic E-state index is 13.8. The van der Waals surface area contributed by atoms with Crippen LogP contribution in [0.15, 0.2) is 35.1 Å². The van der Waals surface area contributed by atoms with E-state index in [0.29, 0.717) is 41.3 Å². The molecule has 0 spiro atoms. The molecule has 3 aromatic rings. The van der Waals surface area contributed by atoms with Gasteiger partial charge in [0.05, 0.1) is 13.2 Å². The fraction of sp³-hybridized carbons (Fsp3) is 0.267. The van der Waals surface area contributed by atoms with Crippen LogP contribution in [0, 0.1) is 5.82 Å². The SMILES string of the molecule is COCCOCc1noc(-c2ccc(F)c3ccncc23)n1. The van der Waals surface area contributed by atoms with E-state index in [1.54, 1.807) is 25.4 Å². The van der Waals surface area contributed by atoms with Crippen molar-refractivity contribution in [3.8, 4) is 11.5 Å². The second kappa shape index (κ2) is 6.59. The Kier molecular flexibility index (Phi) is 4.36. The number of hydrogen-bond donors (Lipinski definition) is 0.